The van der Waals surface area contributed by atoms with Crippen LogP contribution >= 0.6 is 0 Å². The van der Waals surface area contributed by atoms with E-state index in [2.05, 4.69) is 5.16 Å². The van der Waals surface area contributed by atoms with Crippen LogP contribution < -0.4 is 0 Å². The molecule has 0 aliphatic carbocycles. The highest BCUT2D eigenvalue weighted by Gasteiger charge is 2.32. The first-order valence-electron chi connectivity index (χ1n) is 8.44. The molecule has 0 bridgehead atoms. The maximum atomic E-state index is 12.8. The first kappa shape index (κ1) is 17.4. The third kappa shape index (κ3) is 3.64. The van der Waals surface area contributed by atoms with Crippen LogP contribution in [-0.2, 0) is 11.3 Å². The molecule has 6 nitrogen and oxygen atoms in total. The van der Waals surface area contributed by atoms with Gasteiger partial charge in [-0.05, 0) is 19.8 Å². The Bertz CT molecular complexity index is 754. The van der Waals surface area contributed by atoms with Crippen LogP contribution in [0.5, 0.6) is 0 Å². The summed E-state index contributed by atoms with van der Waals surface area (Å²) in [5, 5.41) is 3.91. The normalized spacial score (nSPS) is 17.5. The number of ketones is 1. The lowest BCUT2D eigenvalue weighted by Gasteiger charge is -2.31. The highest BCUT2D eigenvalue weighted by Crippen LogP contribution is 2.24. The van der Waals surface area contributed by atoms with E-state index in [4.69, 9.17) is 9.26 Å². The topological polar surface area (TPSA) is 72.6 Å². The zero-order valence-electron chi connectivity index (χ0n) is 14.5. The van der Waals surface area contributed by atoms with Gasteiger partial charge >= 0.3 is 0 Å². The standard InChI is InChI=1S/C19H22N2O4/c1-13-16(12-24-2)17(20-25-13)19(23)21-10-6-9-15(11-21)18(22)14-7-4-3-5-8-14/h3-5,7-8,15H,6,9-12H2,1-2H3/t15-/m1/s1. The summed E-state index contributed by atoms with van der Waals surface area (Å²) in [7, 11) is 1.57. The lowest BCUT2D eigenvalue weighted by molar-refractivity contribution is 0.0625. The Morgan fingerprint density at radius 2 is 2.08 bits per heavy atom. The maximum absolute atomic E-state index is 12.8. The Balaban J connectivity index is 1.75. The second-order valence-electron chi connectivity index (χ2n) is 6.32. The zero-order valence-corrected chi connectivity index (χ0v) is 14.5. The van der Waals surface area contributed by atoms with E-state index in [1.807, 2.05) is 30.3 Å². The third-order valence-electron chi connectivity index (χ3n) is 4.61. The monoisotopic (exact) mass is 342 g/mol. The molecule has 1 aromatic carbocycles. The highest BCUT2D eigenvalue weighted by atomic mass is 16.5. The van der Waals surface area contributed by atoms with Crippen molar-refractivity contribution < 1.29 is 18.8 Å². The van der Waals surface area contributed by atoms with Gasteiger partial charge in [0.15, 0.2) is 11.5 Å². The summed E-state index contributed by atoms with van der Waals surface area (Å²) in [6.45, 7) is 3.06. The van der Waals surface area contributed by atoms with Crippen LogP contribution in [0.3, 0.4) is 0 Å². The Morgan fingerprint density at radius 1 is 1.32 bits per heavy atom. The van der Waals surface area contributed by atoms with Gasteiger partial charge in [-0.2, -0.15) is 0 Å². The van der Waals surface area contributed by atoms with Gasteiger partial charge < -0.3 is 14.2 Å². The molecule has 0 N–H and O–H groups in total. The maximum Gasteiger partial charge on any atom is 0.276 e. The molecule has 1 atom stereocenters. The molecule has 0 radical (unpaired) electrons. The van der Waals surface area contributed by atoms with Gasteiger partial charge in [0, 0.05) is 31.7 Å². The van der Waals surface area contributed by atoms with E-state index in [-0.39, 0.29) is 29.9 Å². The van der Waals surface area contributed by atoms with Crippen LogP contribution in [0.4, 0.5) is 0 Å². The molecule has 3 rings (SSSR count). The van der Waals surface area contributed by atoms with Gasteiger partial charge in [0.1, 0.15) is 5.76 Å². The number of carbonyl (C=O) groups excluding carboxylic acids is 2. The number of ether oxygens (including phenoxy) is 1. The Hall–Kier alpha value is -2.47. The van der Waals surface area contributed by atoms with Gasteiger partial charge in [-0.3, -0.25) is 9.59 Å². The van der Waals surface area contributed by atoms with Crippen LogP contribution in [0.1, 0.15) is 45.0 Å². The molecule has 1 fully saturated rings. The number of amides is 1. The number of rotatable bonds is 5. The van der Waals surface area contributed by atoms with Crippen molar-refractivity contribution in [2.75, 3.05) is 20.2 Å². The number of hydrogen-bond donors (Lipinski definition) is 0. The van der Waals surface area contributed by atoms with Crippen LogP contribution in [-0.4, -0.2) is 41.9 Å². The van der Waals surface area contributed by atoms with Gasteiger partial charge in [0.25, 0.3) is 5.91 Å². The molecular formula is C19H22N2O4. The smallest absolute Gasteiger partial charge is 0.276 e. The van der Waals surface area contributed by atoms with E-state index in [0.29, 0.717) is 30.0 Å². The SMILES string of the molecule is COCc1c(C(=O)N2CCC[C@@H](C(=O)c3ccccc3)C2)noc1C. The minimum Gasteiger partial charge on any atom is -0.380 e. The second kappa shape index (κ2) is 7.61. The van der Waals surface area contributed by atoms with Crippen molar-refractivity contribution in [2.24, 2.45) is 5.92 Å². The van der Waals surface area contributed by atoms with Crippen LogP contribution in [0.15, 0.2) is 34.9 Å². The zero-order chi connectivity index (χ0) is 17.8. The molecular weight excluding hydrogens is 320 g/mol. The van der Waals surface area contributed by atoms with E-state index in [1.165, 1.54) is 0 Å². The van der Waals surface area contributed by atoms with Gasteiger partial charge in [-0.15, -0.1) is 0 Å². The molecule has 1 amide bonds. The predicted molar refractivity (Wildman–Crippen MR) is 91.4 cm³/mol. The number of nitrogens with zero attached hydrogens (tertiary/aromatic N) is 2. The van der Waals surface area contributed by atoms with Crippen LogP contribution in [0.25, 0.3) is 0 Å². The van der Waals surface area contributed by atoms with Crippen LogP contribution in [0, 0.1) is 12.8 Å². The van der Waals surface area contributed by atoms with Gasteiger partial charge in [-0.25, -0.2) is 0 Å². The molecule has 0 spiro atoms. The molecule has 132 valence electrons. The Labute approximate surface area is 146 Å². The molecule has 2 heterocycles. The van der Waals surface area contributed by atoms with Gasteiger partial charge in [0.2, 0.25) is 0 Å². The average molecular weight is 342 g/mol. The first-order chi connectivity index (χ1) is 12.1. The number of hydrogen-bond acceptors (Lipinski definition) is 5. The van der Waals surface area contributed by atoms with E-state index in [0.717, 1.165) is 12.8 Å². The second-order valence-corrected chi connectivity index (χ2v) is 6.32. The number of Topliss-reactive ketones (excluding diaryl/α,β-unsaturated/α-hetero) is 1. The highest BCUT2D eigenvalue weighted by molar-refractivity contribution is 5.99. The molecule has 1 saturated heterocycles. The fraction of sp³-hybridized carbons (Fsp3) is 0.421. The van der Waals surface area contributed by atoms with Gasteiger partial charge in [0.05, 0.1) is 12.2 Å². The fourth-order valence-electron chi connectivity index (χ4n) is 3.24. The molecule has 25 heavy (non-hydrogen) atoms. The molecule has 6 heteroatoms. The molecule has 1 aliphatic heterocycles. The van der Waals surface area contributed by atoms with E-state index >= 15 is 0 Å². The fourth-order valence-corrected chi connectivity index (χ4v) is 3.24. The lowest BCUT2D eigenvalue weighted by Crippen LogP contribution is -2.42. The first-order valence-corrected chi connectivity index (χ1v) is 8.44. The van der Waals surface area contributed by atoms with Crippen LogP contribution in [0.2, 0.25) is 0 Å². The van der Waals surface area contributed by atoms with E-state index in [1.54, 1.807) is 18.9 Å². The summed E-state index contributed by atoms with van der Waals surface area (Å²) in [5.41, 5.74) is 1.65. The van der Waals surface area contributed by atoms with E-state index < -0.39 is 0 Å². The number of likely N-dealkylation sites (tertiary alicyclic amines) is 1. The van der Waals surface area contributed by atoms with Crippen molar-refractivity contribution in [2.45, 2.75) is 26.4 Å². The third-order valence-corrected chi connectivity index (χ3v) is 4.61. The minimum absolute atomic E-state index is 0.0894. The summed E-state index contributed by atoms with van der Waals surface area (Å²) in [6.07, 6.45) is 1.59. The summed E-state index contributed by atoms with van der Waals surface area (Å²) < 4.78 is 10.3. The Morgan fingerprint density at radius 3 is 2.80 bits per heavy atom. The molecule has 1 aromatic heterocycles. The summed E-state index contributed by atoms with van der Waals surface area (Å²) >= 11 is 0. The van der Waals surface area contributed by atoms with Crippen molar-refractivity contribution >= 4 is 11.7 Å². The molecule has 2 aromatic rings. The van der Waals surface area contributed by atoms with E-state index in [9.17, 15) is 9.59 Å². The number of benzene rings is 1. The number of aromatic nitrogens is 1. The summed E-state index contributed by atoms with van der Waals surface area (Å²) in [5.74, 6) is 0.291. The van der Waals surface area contributed by atoms with Crippen molar-refractivity contribution in [1.82, 2.24) is 10.1 Å². The van der Waals surface area contributed by atoms with Crippen molar-refractivity contribution in [1.29, 1.82) is 0 Å². The lowest BCUT2D eigenvalue weighted by atomic mass is 9.90. The minimum atomic E-state index is -0.200. The quantitative estimate of drug-likeness (QED) is 0.781. The van der Waals surface area contributed by atoms with Crippen molar-refractivity contribution in [3.63, 3.8) is 0 Å². The number of piperidine rings is 1. The van der Waals surface area contributed by atoms with Crippen molar-refractivity contribution in [3.05, 3.63) is 52.9 Å². The largest absolute Gasteiger partial charge is 0.380 e. The van der Waals surface area contributed by atoms with Crippen molar-refractivity contribution in [3.8, 4) is 0 Å². The predicted octanol–water partition coefficient (Wildman–Crippen LogP) is 2.86. The number of aryl methyl sites for hydroxylation is 1. The summed E-state index contributed by atoms with van der Waals surface area (Å²) in [4.78, 5) is 27.2. The molecule has 1 aliphatic rings. The van der Waals surface area contributed by atoms with Gasteiger partial charge in [-0.1, -0.05) is 35.5 Å². The number of methoxy groups -OCH3 is 1. The Kier molecular flexibility index (Phi) is 5.28. The molecule has 0 saturated carbocycles. The average Bonchev–Trinajstić information content (AvgIpc) is 3.02. The molecule has 0 unspecified atom stereocenters. The number of carbonyl (C=O) groups is 2. The summed E-state index contributed by atoms with van der Waals surface area (Å²) in [6, 6.07) is 9.24.